The number of rotatable bonds is 5. The monoisotopic (exact) mass is 268 g/mol. The van der Waals surface area contributed by atoms with Crippen molar-refractivity contribution in [2.75, 3.05) is 20.6 Å². The number of aromatic nitrogens is 3. The van der Waals surface area contributed by atoms with Gasteiger partial charge in [-0.05, 0) is 43.2 Å². The Balaban J connectivity index is 1.82. The SMILES string of the molecule is CN(C)CCn1ccc2cc(Cn3ccnc3)ccc21. The summed E-state index contributed by atoms with van der Waals surface area (Å²) in [6, 6.07) is 8.88. The second-order valence-electron chi connectivity index (χ2n) is 5.44. The van der Waals surface area contributed by atoms with Crippen LogP contribution in [0.4, 0.5) is 0 Å². The molecule has 0 unspecified atom stereocenters. The number of nitrogens with zero attached hydrogens (tertiary/aromatic N) is 4. The van der Waals surface area contributed by atoms with Crippen LogP contribution in [0, 0.1) is 0 Å². The van der Waals surface area contributed by atoms with Crippen LogP contribution >= 0.6 is 0 Å². The van der Waals surface area contributed by atoms with Crippen LogP contribution in [0.15, 0.2) is 49.2 Å². The molecule has 0 aliphatic carbocycles. The van der Waals surface area contributed by atoms with E-state index in [1.54, 1.807) is 0 Å². The molecule has 2 heterocycles. The molecule has 2 aromatic heterocycles. The predicted molar refractivity (Wildman–Crippen MR) is 81.8 cm³/mol. The van der Waals surface area contributed by atoms with Gasteiger partial charge in [0.1, 0.15) is 0 Å². The predicted octanol–water partition coefficient (Wildman–Crippen LogP) is 2.45. The van der Waals surface area contributed by atoms with Gasteiger partial charge in [0.25, 0.3) is 0 Å². The number of imidazole rings is 1. The minimum Gasteiger partial charge on any atom is -0.346 e. The van der Waals surface area contributed by atoms with Crippen molar-refractivity contribution >= 4 is 10.9 Å². The molecule has 20 heavy (non-hydrogen) atoms. The molecule has 0 aliphatic heterocycles. The lowest BCUT2D eigenvalue weighted by Crippen LogP contribution is -2.17. The molecule has 0 aliphatic rings. The molecule has 0 N–H and O–H groups in total. The highest BCUT2D eigenvalue weighted by Gasteiger charge is 2.03. The first-order chi connectivity index (χ1) is 9.72. The lowest BCUT2D eigenvalue weighted by Gasteiger charge is -2.11. The highest BCUT2D eigenvalue weighted by molar-refractivity contribution is 5.80. The molecule has 0 saturated heterocycles. The average molecular weight is 268 g/mol. The quantitative estimate of drug-likeness (QED) is 0.710. The van der Waals surface area contributed by atoms with Crippen molar-refractivity contribution in [1.29, 1.82) is 0 Å². The molecule has 0 amide bonds. The van der Waals surface area contributed by atoms with E-state index in [4.69, 9.17) is 0 Å². The van der Waals surface area contributed by atoms with Crippen LogP contribution in [0.2, 0.25) is 0 Å². The van der Waals surface area contributed by atoms with E-state index in [1.165, 1.54) is 16.5 Å². The molecule has 0 spiro atoms. The van der Waals surface area contributed by atoms with Gasteiger partial charge >= 0.3 is 0 Å². The Labute approximate surface area is 119 Å². The molecule has 4 nitrogen and oxygen atoms in total. The summed E-state index contributed by atoms with van der Waals surface area (Å²) >= 11 is 0. The molecule has 0 radical (unpaired) electrons. The van der Waals surface area contributed by atoms with Crippen LogP contribution < -0.4 is 0 Å². The van der Waals surface area contributed by atoms with E-state index < -0.39 is 0 Å². The summed E-state index contributed by atoms with van der Waals surface area (Å²) in [6.45, 7) is 2.96. The van der Waals surface area contributed by atoms with Gasteiger partial charge in [0.2, 0.25) is 0 Å². The maximum absolute atomic E-state index is 4.08. The van der Waals surface area contributed by atoms with E-state index in [-0.39, 0.29) is 0 Å². The normalized spacial score (nSPS) is 11.6. The zero-order valence-corrected chi connectivity index (χ0v) is 12.0. The Morgan fingerprint density at radius 3 is 2.80 bits per heavy atom. The molecule has 3 rings (SSSR count). The largest absolute Gasteiger partial charge is 0.346 e. The lowest BCUT2D eigenvalue weighted by molar-refractivity contribution is 0.387. The highest BCUT2D eigenvalue weighted by atomic mass is 15.1. The molecular weight excluding hydrogens is 248 g/mol. The summed E-state index contributed by atoms with van der Waals surface area (Å²) in [5.74, 6) is 0. The molecule has 0 fully saturated rings. The Hall–Kier alpha value is -2.07. The summed E-state index contributed by atoms with van der Waals surface area (Å²) in [4.78, 5) is 6.29. The van der Waals surface area contributed by atoms with Crippen LogP contribution in [0.1, 0.15) is 5.56 Å². The standard InChI is InChI=1S/C16H20N4/c1-18(2)9-10-20-7-5-15-11-14(3-4-16(15)20)12-19-8-6-17-13-19/h3-8,11,13H,9-10,12H2,1-2H3. The van der Waals surface area contributed by atoms with Crippen LogP contribution in [0.3, 0.4) is 0 Å². The third-order valence-electron chi connectivity index (χ3n) is 3.55. The topological polar surface area (TPSA) is 26.0 Å². The van der Waals surface area contributed by atoms with Crippen LogP contribution in [-0.2, 0) is 13.1 Å². The van der Waals surface area contributed by atoms with E-state index in [1.807, 2.05) is 18.7 Å². The van der Waals surface area contributed by atoms with Gasteiger partial charge in [-0.25, -0.2) is 4.98 Å². The van der Waals surface area contributed by atoms with Crippen LogP contribution in [-0.4, -0.2) is 39.7 Å². The zero-order valence-electron chi connectivity index (χ0n) is 12.0. The third kappa shape index (κ3) is 2.75. The van der Waals surface area contributed by atoms with E-state index in [0.717, 1.165) is 19.6 Å². The smallest absolute Gasteiger partial charge is 0.0949 e. The van der Waals surface area contributed by atoms with Crippen molar-refractivity contribution < 1.29 is 0 Å². The second-order valence-corrected chi connectivity index (χ2v) is 5.44. The number of likely N-dealkylation sites (N-methyl/N-ethyl adjacent to an activating group) is 1. The number of hydrogen-bond acceptors (Lipinski definition) is 2. The van der Waals surface area contributed by atoms with Gasteiger partial charge in [0, 0.05) is 43.7 Å². The molecule has 3 aromatic rings. The highest BCUT2D eigenvalue weighted by Crippen LogP contribution is 2.18. The first-order valence-corrected chi connectivity index (χ1v) is 6.90. The molecule has 0 bridgehead atoms. The van der Waals surface area contributed by atoms with Crippen molar-refractivity contribution in [3.63, 3.8) is 0 Å². The van der Waals surface area contributed by atoms with Gasteiger partial charge in [-0.2, -0.15) is 0 Å². The fourth-order valence-electron chi connectivity index (χ4n) is 2.44. The Morgan fingerprint density at radius 1 is 1.15 bits per heavy atom. The van der Waals surface area contributed by atoms with E-state index >= 15 is 0 Å². The van der Waals surface area contributed by atoms with Crippen molar-refractivity contribution in [2.24, 2.45) is 0 Å². The Kier molecular flexibility index (Phi) is 3.56. The van der Waals surface area contributed by atoms with Crippen molar-refractivity contribution in [3.8, 4) is 0 Å². The van der Waals surface area contributed by atoms with Gasteiger partial charge in [0.15, 0.2) is 0 Å². The summed E-state index contributed by atoms with van der Waals surface area (Å²) in [7, 11) is 4.21. The van der Waals surface area contributed by atoms with Gasteiger partial charge < -0.3 is 14.0 Å². The minimum absolute atomic E-state index is 0.874. The fourth-order valence-corrected chi connectivity index (χ4v) is 2.44. The maximum atomic E-state index is 4.08. The molecule has 104 valence electrons. The van der Waals surface area contributed by atoms with Gasteiger partial charge in [-0.15, -0.1) is 0 Å². The lowest BCUT2D eigenvalue weighted by atomic mass is 10.1. The number of hydrogen-bond donors (Lipinski definition) is 0. The summed E-state index contributed by atoms with van der Waals surface area (Å²) < 4.78 is 4.40. The van der Waals surface area contributed by atoms with Crippen LogP contribution in [0.25, 0.3) is 10.9 Å². The minimum atomic E-state index is 0.874. The van der Waals surface area contributed by atoms with Crippen molar-refractivity contribution in [2.45, 2.75) is 13.1 Å². The first kappa shape index (κ1) is 12.9. The Bertz CT molecular complexity index is 680. The number of benzene rings is 1. The fraction of sp³-hybridized carbons (Fsp3) is 0.312. The Morgan fingerprint density at radius 2 is 2.05 bits per heavy atom. The average Bonchev–Trinajstić information content (AvgIpc) is 3.05. The van der Waals surface area contributed by atoms with E-state index in [0.29, 0.717) is 0 Å². The summed E-state index contributed by atoms with van der Waals surface area (Å²) in [5, 5.41) is 1.31. The van der Waals surface area contributed by atoms with E-state index in [2.05, 4.69) is 63.6 Å². The van der Waals surface area contributed by atoms with E-state index in [9.17, 15) is 0 Å². The van der Waals surface area contributed by atoms with Crippen LogP contribution in [0.5, 0.6) is 0 Å². The second kappa shape index (κ2) is 5.51. The first-order valence-electron chi connectivity index (χ1n) is 6.90. The molecule has 0 saturated carbocycles. The summed E-state index contributed by atoms with van der Waals surface area (Å²) in [5.41, 5.74) is 2.61. The third-order valence-corrected chi connectivity index (χ3v) is 3.55. The van der Waals surface area contributed by atoms with Crippen molar-refractivity contribution in [1.82, 2.24) is 19.0 Å². The molecular formula is C16H20N4. The maximum Gasteiger partial charge on any atom is 0.0949 e. The molecule has 0 atom stereocenters. The van der Waals surface area contributed by atoms with Crippen molar-refractivity contribution in [3.05, 3.63) is 54.7 Å². The summed E-state index contributed by atoms with van der Waals surface area (Å²) in [6.07, 6.45) is 7.84. The van der Waals surface area contributed by atoms with Gasteiger partial charge in [0.05, 0.1) is 6.33 Å². The van der Waals surface area contributed by atoms with Gasteiger partial charge in [-0.3, -0.25) is 0 Å². The number of fused-ring (bicyclic) bond motifs is 1. The molecule has 1 aromatic carbocycles. The molecule has 4 heteroatoms. The zero-order chi connectivity index (χ0) is 13.9. The van der Waals surface area contributed by atoms with Gasteiger partial charge in [-0.1, -0.05) is 6.07 Å².